The second-order valence-corrected chi connectivity index (χ2v) is 2.43. The number of halogens is 3. The van der Waals surface area contributed by atoms with E-state index in [1.807, 2.05) is 0 Å². The van der Waals surface area contributed by atoms with Gasteiger partial charge < -0.3 is 4.90 Å². The number of hydrogen-bond donors (Lipinski definition) is 0. The molecule has 0 atom stereocenters. The molecule has 0 N–H and O–H groups in total. The van der Waals surface area contributed by atoms with E-state index in [2.05, 4.69) is 4.99 Å². The third-order valence-corrected chi connectivity index (χ3v) is 0.993. The van der Waals surface area contributed by atoms with Crippen molar-refractivity contribution in [2.45, 2.75) is 6.18 Å². The minimum absolute atomic E-state index is 0.755. The van der Waals surface area contributed by atoms with Crippen LogP contribution in [0.5, 0.6) is 0 Å². The Morgan fingerprint density at radius 1 is 1.33 bits per heavy atom. The molecule has 2 nitrogen and oxygen atoms in total. The predicted molar refractivity (Wildman–Crippen MR) is 42.2 cm³/mol. The minimum atomic E-state index is -4.33. The highest BCUT2D eigenvalue weighted by Gasteiger charge is 2.32. The van der Waals surface area contributed by atoms with Crippen LogP contribution in [0.2, 0.25) is 0 Å². The van der Waals surface area contributed by atoms with E-state index in [-0.39, 0.29) is 0 Å². The predicted octanol–water partition coefficient (Wildman–Crippen LogP) is 1.69. The fraction of sp³-hybridized carbons (Fsp3) is 0.571. The molecule has 0 spiro atoms. The first-order valence-corrected chi connectivity index (χ1v) is 3.25. The summed E-state index contributed by atoms with van der Waals surface area (Å²) in [7, 11) is 4.35. The van der Waals surface area contributed by atoms with Crippen LogP contribution in [0.3, 0.4) is 0 Å². The first kappa shape index (κ1) is 11.0. The van der Waals surface area contributed by atoms with Gasteiger partial charge in [-0.15, -0.1) is 0 Å². The van der Waals surface area contributed by atoms with Crippen molar-refractivity contribution in [3.8, 4) is 0 Å². The van der Waals surface area contributed by atoms with Gasteiger partial charge >= 0.3 is 6.18 Å². The molecular formula is C7H11F3N2. The second-order valence-electron chi connectivity index (χ2n) is 2.43. The van der Waals surface area contributed by atoms with E-state index in [9.17, 15) is 13.2 Å². The summed E-state index contributed by atoms with van der Waals surface area (Å²) in [6, 6.07) is 0. The fourth-order valence-electron chi connectivity index (χ4n) is 0.597. The average molecular weight is 180 g/mol. The lowest BCUT2D eigenvalue weighted by molar-refractivity contribution is -0.0864. The summed E-state index contributed by atoms with van der Waals surface area (Å²) in [5.74, 6) is 0. The summed E-state index contributed by atoms with van der Waals surface area (Å²) < 4.78 is 36.2. The van der Waals surface area contributed by atoms with E-state index < -0.39 is 11.7 Å². The SMILES string of the molecule is C/N=C\C(=C\N(C)C)C(F)(F)F. The largest absolute Gasteiger partial charge is 0.419 e. The third kappa shape index (κ3) is 4.00. The van der Waals surface area contributed by atoms with E-state index in [1.165, 1.54) is 26.0 Å². The fourth-order valence-corrected chi connectivity index (χ4v) is 0.597. The van der Waals surface area contributed by atoms with Crippen molar-refractivity contribution >= 4 is 6.21 Å². The maximum Gasteiger partial charge on any atom is 0.419 e. The van der Waals surface area contributed by atoms with Gasteiger partial charge in [0.15, 0.2) is 0 Å². The zero-order chi connectivity index (χ0) is 9.78. The van der Waals surface area contributed by atoms with E-state index >= 15 is 0 Å². The number of allylic oxidation sites excluding steroid dienone is 1. The van der Waals surface area contributed by atoms with Crippen molar-refractivity contribution in [3.63, 3.8) is 0 Å². The molecule has 12 heavy (non-hydrogen) atoms. The van der Waals surface area contributed by atoms with Gasteiger partial charge in [0.2, 0.25) is 0 Å². The normalized spacial score (nSPS) is 14.0. The van der Waals surface area contributed by atoms with Crippen LogP contribution in [0.1, 0.15) is 0 Å². The van der Waals surface area contributed by atoms with Crippen molar-refractivity contribution in [2.75, 3.05) is 21.1 Å². The van der Waals surface area contributed by atoms with Crippen LogP contribution < -0.4 is 0 Å². The molecule has 0 aliphatic rings. The molecule has 5 heteroatoms. The Hall–Kier alpha value is -1.00. The number of alkyl halides is 3. The van der Waals surface area contributed by atoms with Gasteiger partial charge in [-0.25, -0.2) is 0 Å². The lowest BCUT2D eigenvalue weighted by Crippen LogP contribution is -2.16. The van der Waals surface area contributed by atoms with E-state index in [0.29, 0.717) is 0 Å². The summed E-state index contributed by atoms with van der Waals surface area (Å²) in [5, 5.41) is 0. The van der Waals surface area contributed by atoms with Crippen LogP contribution in [0.4, 0.5) is 13.2 Å². The van der Waals surface area contributed by atoms with Crippen LogP contribution in [0.25, 0.3) is 0 Å². The molecule has 0 aliphatic heterocycles. The summed E-state index contributed by atoms with van der Waals surface area (Å²) in [6.07, 6.45) is -2.56. The Kier molecular flexibility index (Phi) is 3.79. The molecular weight excluding hydrogens is 169 g/mol. The van der Waals surface area contributed by atoms with Gasteiger partial charge in [0.05, 0.1) is 5.57 Å². The lowest BCUT2D eigenvalue weighted by atomic mass is 10.3. The van der Waals surface area contributed by atoms with Gasteiger partial charge in [-0.3, -0.25) is 4.99 Å². The molecule has 0 fully saturated rings. The molecule has 0 saturated heterocycles. The van der Waals surface area contributed by atoms with Gasteiger partial charge in [0, 0.05) is 33.6 Å². The molecule has 0 rings (SSSR count). The number of rotatable bonds is 2. The van der Waals surface area contributed by atoms with E-state index in [1.54, 1.807) is 0 Å². The smallest absolute Gasteiger partial charge is 0.383 e. The standard InChI is InChI=1S/C7H11F3N2/c1-11-4-6(5-12(2)3)7(8,9)10/h4-5H,1-3H3/b6-5-,11-4-. The Morgan fingerprint density at radius 2 is 1.83 bits per heavy atom. The molecule has 0 aliphatic carbocycles. The molecule has 0 amide bonds. The van der Waals surface area contributed by atoms with Crippen molar-refractivity contribution in [1.29, 1.82) is 0 Å². The number of nitrogens with zero attached hydrogens (tertiary/aromatic N) is 2. The summed E-state index contributed by atoms with van der Waals surface area (Å²) >= 11 is 0. The maximum absolute atomic E-state index is 12.1. The number of aliphatic imine (C=N–C) groups is 1. The molecule has 0 aromatic heterocycles. The topological polar surface area (TPSA) is 15.6 Å². The Bertz CT molecular complexity index is 191. The first-order valence-electron chi connectivity index (χ1n) is 3.25. The Labute approximate surface area is 69.4 Å². The average Bonchev–Trinajstić information content (AvgIpc) is 1.83. The van der Waals surface area contributed by atoms with Gasteiger partial charge in [0.1, 0.15) is 0 Å². The van der Waals surface area contributed by atoms with Crippen LogP contribution in [0, 0.1) is 0 Å². The zero-order valence-electron chi connectivity index (χ0n) is 7.18. The minimum Gasteiger partial charge on any atom is -0.383 e. The third-order valence-electron chi connectivity index (χ3n) is 0.993. The van der Waals surface area contributed by atoms with Crippen molar-refractivity contribution < 1.29 is 13.2 Å². The highest BCUT2D eigenvalue weighted by atomic mass is 19.4. The lowest BCUT2D eigenvalue weighted by Gasteiger charge is -2.10. The summed E-state index contributed by atoms with van der Waals surface area (Å²) in [4.78, 5) is 4.64. The van der Waals surface area contributed by atoms with Crippen molar-refractivity contribution in [3.05, 3.63) is 11.8 Å². The maximum atomic E-state index is 12.1. The van der Waals surface area contributed by atoms with Crippen LogP contribution in [-0.2, 0) is 0 Å². The highest BCUT2D eigenvalue weighted by molar-refractivity contribution is 5.79. The number of hydrogen-bond acceptors (Lipinski definition) is 2. The van der Waals surface area contributed by atoms with E-state index in [0.717, 1.165) is 12.4 Å². The van der Waals surface area contributed by atoms with Crippen LogP contribution in [0.15, 0.2) is 16.8 Å². The summed E-state index contributed by atoms with van der Waals surface area (Å²) in [6.45, 7) is 0. The monoisotopic (exact) mass is 180 g/mol. The van der Waals surface area contributed by atoms with E-state index in [4.69, 9.17) is 0 Å². The van der Waals surface area contributed by atoms with Crippen LogP contribution in [-0.4, -0.2) is 38.4 Å². The molecule has 0 heterocycles. The second kappa shape index (κ2) is 4.13. The van der Waals surface area contributed by atoms with Gasteiger partial charge in [0.25, 0.3) is 0 Å². The van der Waals surface area contributed by atoms with Crippen molar-refractivity contribution in [1.82, 2.24) is 4.90 Å². The van der Waals surface area contributed by atoms with Crippen molar-refractivity contribution in [2.24, 2.45) is 4.99 Å². The molecule has 70 valence electrons. The van der Waals surface area contributed by atoms with Crippen LogP contribution >= 0.6 is 0 Å². The molecule has 0 saturated carbocycles. The molecule has 0 aromatic carbocycles. The van der Waals surface area contributed by atoms with Gasteiger partial charge in [-0.2, -0.15) is 13.2 Å². The zero-order valence-corrected chi connectivity index (χ0v) is 7.18. The van der Waals surface area contributed by atoms with Gasteiger partial charge in [-0.1, -0.05) is 0 Å². The first-order chi connectivity index (χ1) is 5.38. The Morgan fingerprint density at radius 3 is 2.08 bits per heavy atom. The molecule has 0 unspecified atom stereocenters. The van der Waals surface area contributed by atoms with Gasteiger partial charge in [-0.05, 0) is 0 Å². The molecule has 0 aromatic rings. The highest BCUT2D eigenvalue weighted by Crippen LogP contribution is 2.23. The summed E-state index contributed by atoms with van der Waals surface area (Å²) in [5.41, 5.74) is -0.755. The quantitative estimate of drug-likeness (QED) is 0.590. The Balaban J connectivity index is 4.67. The molecule has 0 radical (unpaired) electrons. The molecule has 0 bridgehead atoms.